The number of aromatic nitrogens is 1. The van der Waals surface area contributed by atoms with Gasteiger partial charge in [-0.25, -0.2) is 4.39 Å². The van der Waals surface area contributed by atoms with Crippen molar-refractivity contribution in [3.05, 3.63) is 59.7 Å². The van der Waals surface area contributed by atoms with E-state index in [1.54, 1.807) is 23.1 Å². The van der Waals surface area contributed by atoms with Crippen molar-refractivity contribution in [2.24, 2.45) is 0 Å². The van der Waals surface area contributed by atoms with Crippen LogP contribution in [-0.4, -0.2) is 59.5 Å². The monoisotopic (exact) mass is 373 g/mol. The van der Waals surface area contributed by atoms with E-state index < -0.39 is 6.04 Å². The highest BCUT2D eigenvalue weighted by atomic mass is 19.1. The summed E-state index contributed by atoms with van der Waals surface area (Å²) in [6.07, 6.45) is 1.94. The summed E-state index contributed by atoms with van der Waals surface area (Å²) in [6, 6.07) is 9.80. The Morgan fingerprint density at radius 2 is 2.00 bits per heavy atom. The van der Waals surface area contributed by atoms with Gasteiger partial charge in [-0.05, 0) is 25.1 Å². The average molecular weight is 373 g/mol. The highest BCUT2D eigenvalue weighted by Gasteiger charge is 2.34. The van der Waals surface area contributed by atoms with Crippen LogP contribution in [0.1, 0.15) is 24.2 Å². The Morgan fingerprint density at radius 1 is 1.22 bits per heavy atom. The zero-order valence-corrected chi connectivity index (χ0v) is 15.6. The van der Waals surface area contributed by atoms with Gasteiger partial charge >= 0.3 is 0 Å². The van der Waals surface area contributed by atoms with Crippen molar-refractivity contribution >= 4 is 11.8 Å². The largest absolute Gasteiger partial charge is 0.375 e. The molecule has 144 valence electrons. The molecule has 0 bridgehead atoms. The van der Waals surface area contributed by atoms with Gasteiger partial charge in [0.1, 0.15) is 18.5 Å². The number of carbonyl (C=O) groups excluding carboxylic acids is 2. The number of benzene rings is 1. The third-order valence-electron chi connectivity index (χ3n) is 4.89. The Kier molecular flexibility index (Phi) is 5.91. The van der Waals surface area contributed by atoms with E-state index >= 15 is 0 Å². The van der Waals surface area contributed by atoms with Gasteiger partial charge in [-0.2, -0.15) is 0 Å². The Morgan fingerprint density at radius 3 is 2.70 bits per heavy atom. The van der Waals surface area contributed by atoms with Crippen molar-refractivity contribution in [3.63, 3.8) is 0 Å². The summed E-state index contributed by atoms with van der Waals surface area (Å²) < 4.78 is 21.5. The lowest BCUT2D eigenvalue weighted by atomic mass is 9.99. The minimum absolute atomic E-state index is 0.0512. The van der Waals surface area contributed by atoms with E-state index in [9.17, 15) is 14.0 Å². The average Bonchev–Trinajstić information content (AvgIpc) is 3.14. The molecular weight excluding hydrogens is 349 g/mol. The molecule has 1 aliphatic rings. The number of rotatable bonds is 6. The molecule has 1 aliphatic heterocycles. The Balaban J connectivity index is 1.90. The highest BCUT2D eigenvalue weighted by molar-refractivity contribution is 5.86. The molecule has 7 heteroatoms. The van der Waals surface area contributed by atoms with Crippen molar-refractivity contribution in [3.8, 4) is 0 Å². The zero-order chi connectivity index (χ0) is 19.4. The molecule has 2 amide bonds. The molecular formula is C20H24FN3O3. The van der Waals surface area contributed by atoms with Crippen LogP contribution in [-0.2, 0) is 20.9 Å². The summed E-state index contributed by atoms with van der Waals surface area (Å²) in [5.41, 5.74) is 1.32. The molecule has 1 aromatic heterocycles. The van der Waals surface area contributed by atoms with E-state index in [0.29, 0.717) is 25.2 Å². The quantitative estimate of drug-likeness (QED) is 0.779. The number of amides is 2. The number of nitrogens with zero attached hydrogens (tertiary/aromatic N) is 3. The van der Waals surface area contributed by atoms with Gasteiger partial charge in [-0.1, -0.05) is 18.2 Å². The van der Waals surface area contributed by atoms with Gasteiger partial charge in [0.15, 0.2) is 0 Å². The fourth-order valence-electron chi connectivity index (χ4n) is 3.52. The molecule has 2 aromatic rings. The number of ether oxygens (including phenoxy) is 1. The summed E-state index contributed by atoms with van der Waals surface area (Å²) in [4.78, 5) is 28.3. The van der Waals surface area contributed by atoms with Crippen LogP contribution in [0.15, 0.2) is 42.6 Å². The van der Waals surface area contributed by atoms with Crippen LogP contribution in [0.25, 0.3) is 0 Å². The molecule has 2 heterocycles. The van der Waals surface area contributed by atoms with E-state index in [4.69, 9.17) is 4.74 Å². The third-order valence-corrected chi connectivity index (χ3v) is 4.89. The molecule has 0 aliphatic carbocycles. The van der Waals surface area contributed by atoms with Gasteiger partial charge in [0.25, 0.3) is 0 Å². The number of likely N-dealkylation sites (N-methyl/N-ethyl adjacent to an activating group) is 1. The Hall–Kier alpha value is -2.67. The van der Waals surface area contributed by atoms with Crippen LogP contribution in [0.2, 0.25) is 0 Å². The summed E-state index contributed by atoms with van der Waals surface area (Å²) >= 11 is 0. The predicted octanol–water partition coefficient (Wildman–Crippen LogP) is 2.05. The number of hydrogen-bond donors (Lipinski definition) is 0. The highest BCUT2D eigenvalue weighted by Crippen LogP contribution is 2.33. The normalized spacial score (nSPS) is 16.1. The molecule has 0 saturated carbocycles. The molecule has 0 fully saturated rings. The molecule has 1 atom stereocenters. The third kappa shape index (κ3) is 3.88. The molecule has 0 N–H and O–H groups in total. The molecule has 1 unspecified atom stereocenters. The van der Waals surface area contributed by atoms with Crippen LogP contribution in [0.4, 0.5) is 4.39 Å². The van der Waals surface area contributed by atoms with Crippen LogP contribution < -0.4 is 0 Å². The molecule has 27 heavy (non-hydrogen) atoms. The molecule has 0 saturated heterocycles. The predicted molar refractivity (Wildman–Crippen MR) is 98.5 cm³/mol. The minimum atomic E-state index is -0.515. The van der Waals surface area contributed by atoms with Gasteiger partial charge in [-0.3, -0.25) is 9.59 Å². The molecule has 1 aromatic carbocycles. The second-order valence-corrected chi connectivity index (χ2v) is 6.48. The first-order chi connectivity index (χ1) is 13.1. The van der Waals surface area contributed by atoms with Gasteiger partial charge in [-0.15, -0.1) is 0 Å². The summed E-state index contributed by atoms with van der Waals surface area (Å²) in [6.45, 7) is 3.19. The maximum atomic E-state index is 14.5. The number of fused-ring (bicyclic) bond motifs is 1. The molecule has 6 nitrogen and oxygen atoms in total. The van der Waals surface area contributed by atoms with E-state index in [1.807, 2.05) is 29.8 Å². The fraction of sp³-hybridized carbons (Fsp3) is 0.400. The molecule has 0 radical (unpaired) electrons. The van der Waals surface area contributed by atoms with E-state index in [2.05, 4.69) is 0 Å². The van der Waals surface area contributed by atoms with Gasteiger partial charge in [0, 0.05) is 44.2 Å². The Labute approximate surface area is 158 Å². The number of carbonyl (C=O) groups is 2. The van der Waals surface area contributed by atoms with Crippen LogP contribution in [0.3, 0.4) is 0 Å². The minimum Gasteiger partial charge on any atom is -0.375 e. The van der Waals surface area contributed by atoms with Crippen LogP contribution in [0, 0.1) is 5.82 Å². The lowest BCUT2D eigenvalue weighted by Gasteiger charge is -2.38. The second-order valence-electron chi connectivity index (χ2n) is 6.48. The fourth-order valence-corrected chi connectivity index (χ4v) is 3.52. The van der Waals surface area contributed by atoms with E-state index in [-0.39, 0.29) is 30.8 Å². The lowest BCUT2D eigenvalue weighted by Crippen LogP contribution is -2.48. The summed E-state index contributed by atoms with van der Waals surface area (Å²) in [5, 5.41) is 0. The van der Waals surface area contributed by atoms with Crippen molar-refractivity contribution < 1.29 is 18.7 Å². The van der Waals surface area contributed by atoms with E-state index in [1.165, 1.54) is 18.1 Å². The number of methoxy groups -OCH3 is 1. The topological polar surface area (TPSA) is 54.8 Å². The standard InChI is InChI=1S/C20H24FN3O3/c1-3-22(19(26)14-27-2)13-18(25)24-12-11-23-10-6-9-17(23)20(24)15-7-4-5-8-16(15)21/h4-10,20H,3,11-14H2,1-2H3. The Bertz CT molecular complexity index is 820. The van der Waals surface area contributed by atoms with Gasteiger partial charge < -0.3 is 19.1 Å². The first kappa shape index (κ1) is 19.1. The van der Waals surface area contributed by atoms with Crippen molar-refractivity contribution in [1.29, 1.82) is 0 Å². The second kappa shape index (κ2) is 8.35. The summed E-state index contributed by atoms with van der Waals surface area (Å²) in [5.74, 6) is -0.795. The van der Waals surface area contributed by atoms with Crippen molar-refractivity contribution in [1.82, 2.24) is 14.4 Å². The zero-order valence-electron chi connectivity index (χ0n) is 15.6. The van der Waals surface area contributed by atoms with Gasteiger partial charge in [0.05, 0.1) is 6.54 Å². The first-order valence-electron chi connectivity index (χ1n) is 9.02. The smallest absolute Gasteiger partial charge is 0.249 e. The van der Waals surface area contributed by atoms with Gasteiger partial charge in [0.2, 0.25) is 11.8 Å². The maximum absolute atomic E-state index is 14.5. The number of hydrogen-bond acceptors (Lipinski definition) is 3. The van der Waals surface area contributed by atoms with Crippen molar-refractivity contribution in [2.45, 2.75) is 19.5 Å². The molecule has 0 spiro atoms. The van der Waals surface area contributed by atoms with E-state index in [0.717, 1.165) is 5.69 Å². The summed E-state index contributed by atoms with van der Waals surface area (Å²) in [7, 11) is 1.45. The lowest BCUT2D eigenvalue weighted by molar-refractivity contribution is -0.143. The van der Waals surface area contributed by atoms with Crippen LogP contribution in [0.5, 0.6) is 0 Å². The molecule has 3 rings (SSSR count). The van der Waals surface area contributed by atoms with Crippen LogP contribution >= 0.6 is 0 Å². The SMILES string of the molecule is CCN(CC(=O)N1CCn2cccc2C1c1ccccc1F)C(=O)COC. The maximum Gasteiger partial charge on any atom is 0.249 e. The van der Waals surface area contributed by atoms with Crippen molar-refractivity contribution in [2.75, 3.05) is 33.4 Å². The first-order valence-corrected chi connectivity index (χ1v) is 9.02. The number of halogens is 1.